The molecule has 0 unspecified atom stereocenters. The minimum Gasteiger partial charge on any atom is -0.337 e. The third-order valence-electron chi connectivity index (χ3n) is 4.56. The average molecular weight is 405 g/mol. The van der Waals surface area contributed by atoms with Gasteiger partial charge >= 0.3 is 0 Å². The molecule has 4 rings (SSSR count). The number of aromatic nitrogens is 2. The number of benzene rings is 2. The van der Waals surface area contributed by atoms with E-state index >= 15 is 0 Å². The largest absolute Gasteiger partial charge is 0.337 e. The number of hydrogen-bond acceptors (Lipinski definition) is 4. The van der Waals surface area contributed by atoms with Crippen molar-refractivity contribution >= 4 is 32.5 Å². The zero-order valence-electron chi connectivity index (χ0n) is 15.7. The number of nitrogens with zero attached hydrogens (tertiary/aromatic N) is 2. The molecule has 0 aliphatic rings. The number of carbonyl (C=O) groups excluding carboxylic acids is 1. The van der Waals surface area contributed by atoms with Gasteiger partial charge in [0.2, 0.25) is 15.7 Å². The number of hydrogen-bond donors (Lipinski definition) is 1. The Morgan fingerprint density at radius 2 is 1.69 bits per heavy atom. The molecule has 0 radical (unpaired) electrons. The van der Waals surface area contributed by atoms with Crippen molar-refractivity contribution in [3.8, 4) is 0 Å². The highest BCUT2D eigenvalue weighted by Gasteiger charge is 2.23. The Balaban J connectivity index is 1.70. The Morgan fingerprint density at radius 3 is 2.45 bits per heavy atom. The van der Waals surface area contributed by atoms with Crippen LogP contribution >= 0.6 is 0 Å². The lowest BCUT2D eigenvalue weighted by Gasteiger charge is -2.07. The van der Waals surface area contributed by atoms with Crippen molar-refractivity contribution in [2.45, 2.75) is 23.3 Å². The third kappa shape index (κ3) is 3.77. The highest BCUT2D eigenvalue weighted by Crippen LogP contribution is 2.30. The summed E-state index contributed by atoms with van der Waals surface area (Å²) in [7, 11) is -3.71. The number of pyridine rings is 1. The first kappa shape index (κ1) is 18.9. The van der Waals surface area contributed by atoms with Gasteiger partial charge in [0.25, 0.3) is 0 Å². The molecule has 1 amide bonds. The molecule has 1 N–H and O–H groups in total. The van der Waals surface area contributed by atoms with Gasteiger partial charge in [-0.3, -0.25) is 4.79 Å². The maximum Gasteiger partial charge on any atom is 0.245 e. The number of carbonyl (C=O) groups is 1. The Kier molecular flexibility index (Phi) is 4.90. The number of rotatable bonds is 5. The van der Waals surface area contributed by atoms with Crippen LogP contribution in [0.3, 0.4) is 0 Å². The Morgan fingerprint density at radius 1 is 0.966 bits per heavy atom. The molecule has 146 valence electrons. The van der Waals surface area contributed by atoms with Crippen LogP contribution in [0.4, 0.5) is 5.82 Å². The quantitative estimate of drug-likeness (QED) is 0.547. The molecule has 7 heteroatoms. The smallest absolute Gasteiger partial charge is 0.245 e. The summed E-state index contributed by atoms with van der Waals surface area (Å²) >= 11 is 0. The van der Waals surface area contributed by atoms with Gasteiger partial charge in [0.1, 0.15) is 12.4 Å². The van der Waals surface area contributed by atoms with Gasteiger partial charge in [-0.1, -0.05) is 42.5 Å². The molecular formula is C22H19N3O3S. The van der Waals surface area contributed by atoms with Crippen molar-refractivity contribution in [3.05, 3.63) is 84.7 Å². The molecular weight excluding hydrogens is 386 g/mol. The van der Waals surface area contributed by atoms with E-state index < -0.39 is 9.84 Å². The highest BCUT2D eigenvalue weighted by molar-refractivity contribution is 7.91. The molecule has 0 aliphatic carbocycles. The number of aryl methyl sites for hydroxylation is 1. The first-order chi connectivity index (χ1) is 13.9. The average Bonchev–Trinajstić information content (AvgIpc) is 3.08. The standard InChI is InChI=1S/C22H19N3O3S/c1-16-8-7-13-21(23-16)24-22(26)15-25-14-20(18-11-5-6-12-19(18)25)29(27,28)17-9-3-2-4-10-17/h2-14H,15H2,1H3,(H,23,24,26). The van der Waals surface area contributed by atoms with Gasteiger partial charge in [-0.05, 0) is 37.3 Å². The van der Waals surface area contributed by atoms with E-state index in [1.165, 1.54) is 6.20 Å². The van der Waals surface area contributed by atoms with Crippen LogP contribution in [0.15, 0.2) is 88.8 Å². The first-order valence-corrected chi connectivity index (χ1v) is 10.5. The zero-order chi connectivity index (χ0) is 20.4. The Hall–Kier alpha value is -3.45. The second kappa shape index (κ2) is 7.52. The SMILES string of the molecule is Cc1cccc(NC(=O)Cn2cc(S(=O)(=O)c3ccccc3)c3ccccc32)n1. The predicted molar refractivity (Wildman–Crippen MR) is 111 cm³/mol. The molecule has 0 aliphatic heterocycles. The van der Waals surface area contributed by atoms with Crippen LogP contribution < -0.4 is 5.32 Å². The Bertz CT molecular complexity index is 1300. The number of sulfone groups is 1. The number of amides is 1. The zero-order valence-corrected chi connectivity index (χ0v) is 16.6. The molecule has 4 aromatic rings. The minimum atomic E-state index is -3.71. The molecule has 2 aromatic heterocycles. The number of anilines is 1. The second-order valence-electron chi connectivity index (χ2n) is 6.67. The molecule has 6 nitrogen and oxygen atoms in total. The van der Waals surface area contributed by atoms with Crippen molar-refractivity contribution in [1.82, 2.24) is 9.55 Å². The van der Waals surface area contributed by atoms with Crippen molar-refractivity contribution in [1.29, 1.82) is 0 Å². The summed E-state index contributed by atoms with van der Waals surface area (Å²) in [6.45, 7) is 1.82. The minimum absolute atomic E-state index is 0.0273. The van der Waals surface area contributed by atoms with Crippen LogP contribution in [-0.2, 0) is 21.2 Å². The van der Waals surface area contributed by atoms with Gasteiger partial charge in [-0.15, -0.1) is 0 Å². The lowest BCUT2D eigenvalue weighted by molar-refractivity contribution is -0.116. The van der Waals surface area contributed by atoms with E-state index in [0.717, 1.165) is 5.69 Å². The van der Waals surface area contributed by atoms with Gasteiger partial charge in [0.05, 0.1) is 9.79 Å². The van der Waals surface area contributed by atoms with Crippen LogP contribution in [0.2, 0.25) is 0 Å². The topological polar surface area (TPSA) is 81.1 Å². The van der Waals surface area contributed by atoms with E-state index in [0.29, 0.717) is 16.7 Å². The van der Waals surface area contributed by atoms with Crippen molar-refractivity contribution in [3.63, 3.8) is 0 Å². The highest BCUT2D eigenvalue weighted by atomic mass is 32.2. The van der Waals surface area contributed by atoms with Crippen LogP contribution in [0.1, 0.15) is 5.69 Å². The summed E-state index contributed by atoms with van der Waals surface area (Å²) in [6, 6.07) is 20.8. The normalized spacial score (nSPS) is 11.5. The monoisotopic (exact) mass is 405 g/mol. The first-order valence-electron chi connectivity index (χ1n) is 9.07. The molecule has 0 saturated carbocycles. The molecule has 0 bridgehead atoms. The van der Waals surface area contributed by atoms with E-state index in [4.69, 9.17) is 0 Å². The van der Waals surface area contributed by atoms with Crippen LogP contribution in [0, 0.1) is 6.92 Å². The third-order valence-corrected chi connectivity index (χ3v) is 6.36. The van der Waals surface area contributed by atoms with E-state index in [2.05, 4.69) is 10.3 Å². The fourth-order valence-electron chi connectivity index (χ4n) is 3.23. The maximum absolute atomic E-state index is 13.2. The summed E-state index contributed by atoms with van der Waals surface area (Å²) in [5.74, 6) is 0.177. The van der Waals surface area contributed by atoms with Crippen LogP contribution in [-0.4, -0.2) is 23.9 Å². The molecule has 29 heavy (non-hydrogen) atoms. The lowest BCUT2D eigenvalue weighted by atomic mass is 10.2. The fourth-order valence-corrected chi connectivity index (χ4v) is 4.73. The van der Waals surface area contributed by atoms with E-state index in [-0.39, 0.29) is 22.2 Å². The van der Waals surface area contributed by atoms with E-state index in [1.54, 1.807) is 59.2 Å². The molecule has 2 heterocycles. The summed E-state index contributed by atoms with van der Waals surface area (Å²) < 4.78 is 28.0. The number of fused-ring (bicyclic) bond motifs is 1. The van der Waals surface area contributed by atoms with Crippen molar-refractivity contribution in [2.24, 2.45) is 0 Å². The van der Waals surface area contributed by atoms with Gasteiger partial charge < -0.3 is 9.88 Å². The van der Waals surface area contributed by atoms with Crippen molar-refractivity contribution < 1.29 is 13.2 Å². The van der Waals surface area contributed by atoms with Gasteiger partial charge in [-0.2, -0.15) is 0 Å². The molecule has 0 atom stereocenters. The summed E-state index contributed by atoms with van der Waals surface area (Å²) in [4.78, 5) is 17.2. The predicted octanol–water partition coefficient (Wildman–Crippen LogP) is 3.82. The van der Waals surface area contributed by atoms with Gasteiger partial charge in [0.15, 0.2) is 0 Å². The summed E-state index contributed by atoms with van der Waals surface area (Å²) in [5, 5.41) is 3.34. The molecule has 0 saturated heterocycles. The van der Waals surface area contributed by atoms with Gasteiger partial charge in [0, 0.05) is 22.8 Å². The molecule has 0 spiro atoms. The van der Waals surface area contributed by atoms with Gasteiger partial charge in [-0.25, -0.2) is 13.4 Å². The van der Waals surface area contributed by atoms with Crippen LogP contribution in [0.5, 0.6) is 0 Å². The number of nitrogens with one attached hydrogen (secondary N) is 1. The Labute approximate surface area is 168 Å². The number of para-hydroxylation sites is 1. The van der Waals surface area contributed by atoms with E-state index in [9.17, 15) is 13.2 Å². The van der Waals surface area contributed by atoms with E-state index in [1.807, 2.05) is 25.1 Å². The second-order valence-corrected chi connectivity index (χ2v) is 8.59. The fraction of sp³-hybridized carbons (Fsp3) is 0.0909. The summed E-state index contributed by atoms with van der Waals surface area (Å²) in [6.07, 6.45) is 1.52. The van der Waals surface area contributed by atoms with Crippen molar-refractivity contribution in [2.75, 3.05) is 5.32 Å². The molecule has 2 aromatic carbocycles. The summed E-state index contributed by atoms with van der Waals surface area (Å²) in [5.41, 5.74) is 1.47. The lowest BCUT2D eigenvalue weighted by Crippen LogP contribution is -2.19. The van der Waals surface area contributed by atoms with Crippen LogP contribution in [0.25, 0.3) is 10.9 Å². The molecule has 0 fully saturated rings. The maximum atomic E-state index is 13.2.